The molecule has 26 heavy (non-hydrogen) atoms. The molecule has 7 heteroatoms. The number of anilines is 1. The summed E-state index contributed by atoms with van der Waals surface area (Å²) in [5, 5.41) is 2.54. The van der Waals surface area contributed by atoms with Crippen molar-refractivity contribution in [2.45, 2.75) is 10.8 Å². The number of hydrogen-bond acceptors (Lipinski definition) is 3. The molecular weight excluding hydrogens is 379 g/mol. The molecule has 0 saturated carbocycles. The summed E-state index contributed by atoms with van der Waals surface area (Å²) in [6, 6.07) is 14.6. The first kappa shape index (κ1) is 18.9. The molecule has 2 aromatic carbocycles. The molecule has 0 spiro atoms. The topological polar surface area (TPSA) is 29.1 Å². The number of carbonyl (C=O) groups excluding carboxylic acids is 1. The Hall–Kier alpha value is -1.86. The molecule has 3 rings (SSSR count). The minimum Gasteiger partial charge on any atom is -0.322 e. The maximum absolute atomic E-state index is 13.3. The van der Waals surface area contributed by atoms with Crippen LogP contribution in [0.3, 0.4) is 0 Å². The first-order chi connectivity index (χ1) is 12.4. The Labute approximate surface area is 158 Å². The number of halogens is 3. The van der Waals surface area contributed by atoms with E-state index in [-0.39, 0.29) is 5.56 Å². The van der Waals surface area contributed by atoms with Crippen molar-refractivity contribution in [3.05, 3.63) is 71.8 Å². The highest BCUT2D eigenvalue weighted by molar-refractivity contribution is 8.19. The molecule has 1 N–H and O–H groups in total. The molecule has 0 atom stereocenters. The minimum absolute atomic E-state index is 0.0392. The lowest BCUT2D eigenvalue weighted by Crippen LogP contribution is -2.16. The maximum Gasteiger partial charge on any atom is 0.417 e. The number of nitrogens with one attached hydrogen (secondary N) is 1. The standard InChI is InChI=1S/C19H16F3NOS2/c20-19(21,22)16(13-5-2-1-3-6-13)12-17(24)23-15-8-4-7-14(11-15)18-25-9-10-26-18/h1-8,11-12,18H,9-10H2,(H,23,24)/b16-12+. The van der Waals surface area contributed by atoms with E-state index in [2.05, 4.69) is 5.32 Å². The van der Waals surface area contributed by atoms with Gasteiger partial charge in [-0.25, -0.2) is 0 Å². The van der Waals surface area contributed by atoms with Crippen LogP contribution < -0.4 is 5.32 Å². The zero-order valence-electron chi connectivity index (χ0n) is 13.6. The Morgan fingerprint density at radius 2 is 1.73 bits per heavy atom. The lowest BCUT2D eigenvalue weighted by molar-refractivity contribution is -0.112. The van der Waals surface area contributed by atoms with Crippen LogP contribution in [0, 0.1) is 0 Å². The lowest BCUT2D eigenvalue weighted by Gasteiger charge is -2.13. The van der Waals surface area contributed by atoms with Gasteiger partial charge in [-0.05, 0) is 23.3 Å². The van der Waals surface area contributed by atoms with Gasteiger partial charge in [-0.2, -0.15) is 13.2 Å². The molecule has 2 aromatic rings. The predicted molar refractivity (Wildman–Crippen MR) is 103 cm³/mol. The molecule has 2 nitrogen and oxygen atoms in total. The van der Waals surface area contributed by atoms with Crippen molar-refractivity contribution in [3.63, 3.8) is 0 Å². The maximum atomic E-state index is 13.3. The second-order valence-electron chi connectivity index (χ2n) is 5.61. The average molecular weight is 395 g/mol. The molecule has 0 bridgehead atoms. The summed E-state index contributed by atoms with van der Waals surface area (Å²) in [5.74, 6) is 1.34. The molecule has 0 unspecified atom stereocenters. The Balaban J connectivity index is 1.80. The highest BCUT2D eigenvalue weighted by atomic mass is 32.2. The van der Waals surface area contributed by atoms with E-state index in [4.69, 9.17) is 0 Å². The summed E-state index contributed by atoms with van der Waals surface area (Å²) in [4.78, 5) is 12.2. The van der Waals surface area contributed by atoms with Crippen LogP contribution in [0.1, 0.15) is 15.7 Å². The van der Waals surface area contributed by atoms with Crippen LogP contribution in [-0.2, 0) is 4.79 Å². The number of benzene rings is 2. The van der Waals surface area contributed by atoms with Crippen molar-refractivity contribution >= 4 is 40.7 Å². The molecule has 0 aliphatic carbocycles. The first-order valence-electron chi connectivity index (χ1n) is 7.92. The largest absolute Gasteiger partial charge is 0.417 e. The van der Waals surface area contributed by atoms with E-state index in [0.29, 0.717) is 16.3 Å². The van der Waals surface area contributed by atoms with Crippen LogP contribution in [0.5, 0.6) is 0 Å². The summed E-state index contributed by atoms with van der Waals surface area (Å²) >= 11 is 3.65. The van der Waals surface area contributed by atoms with Gasteiger partial charge in [-0.3, -0.25) is 4.79 Å². The third kappa shape index (κ3) is 4.86. The number of allylic oxidation sites excluding steroid dienone is 1. The molecule has 1 aliphatic rings. The Bertz CT molecular complexity index is 800. The zero-order valence-corrected chi connectivity index (χ0v) is 15.3. The SMILES string of the molecule is O=C(/C=C(\c1ccccc1)C(F)(F)F)Nc1cccc(C2SCCS2)c1. The van der Waals surface area contributed by atoms with Crippen molar-refractivity contribution < 1.29 is 18.0 Å². The smallest absolute Gasteiger partial charge is 0.322 e. The number of alkyl halides is 3. The van der Waals surface area contributed by atoms with Gasteiger partial charge in [-0.15, -0.1) is 23.5 Å². The molecule has 1 saturated heterocycles. The molecule has 1 aliphatic heterocycles. The summed E-state index contributed by atoms with van der Waals surface area (Å²) in [6.07, 6.45) is -4.00. The second-order valence-corrected chi connectivity index (χ2v) is 8.33. The Morgan fingerprint density at radius 3 is 2.38 bits per heavy atom. The second kappa shape index (κ2) is 8.22. The van der Waals surface area contributed by atoms with Crippen LogP contribution in [0.4, 0.5) is 18.9 Å². The Kier molecular flexibility index (Phi) is 5.98. The van der Waals surface area contributed by atoms with E-state index in [1.165, 1.54) is 24.3 Å². The first-order valence-corrected chi connectivity index (χ1v) is 10.0. The fourth-order valence-electron chi connectivity index (χ4n) is 2.57. The van der Waals surface area contributed by atoms with E-state index in [1.54, 1.807) is 18.2 Å². The predicted octanol–water partition coefficient (Wildman–Crippen LogP) is 5.75. The molecule has 136 valence electrons. The average Bonchev–Trinajstić information content (AvgIpc) is 3.14. The van der Waals surface area contributed by atoms with Gasteiger partial charge in [-0.1, -0.05) is 42.5 Å². The number of amides is 1. The summed E-state index contributed by atoms with van der Waals surface area (Å²) < 4.78 is 40.3. The summed E-state index contributed by atoms with van der Waals surface area (Å²) in [5.41, 5.74) is 0.543. The Morgan fingerprint density at radius 1 is 1.04 bits per heavy atom. The lowest BCUT2D eigenvalue weighted by atomic mass is 10.1. The summed E-state index contributed by atoms with van der Waals surface area (Å²) in [6.45, 7) is 0. The van der Waals surface area contributed by atoms with Crippen molar-refractivity contribution in [2.75, 3.05) is 16.8 Å². The van der Waals surface area contributed by atoms with Gasteiger partial charge in [0.1, 0.15) is 0 Å². The van der Waals surface area contributed by atoms with E-state index in [9.17, 15) is 18.0 Å². The van der Waals surface area contributed by atoms with Gasteiger partial charge in [0.05, 0.1) is 10.2 Å². The number of rotatable bonds is 4. The van der Waals surface area contributed by atoms with Gasteiger partial charge < -0.3 is 5.32 Å². The number of carbonyl (C=O) groups is 1. The molecule has 1 amide bonds. The monoisotopic (exact) mass is 395 g/mol. The molecule has 0 aromatic heterocycles. The third-order valence-corrected chi connectivity index (χ3v) is 6.82. The fourth-order valence-corrected chi connectivity index (χ4v) is 5.41. The molecular formula is C19H16F3NOS2. The normalized spacial score (nSPS) is 15.9. The van der Waals surface area contributed by atoms with Crippen LogP contribution in [0.25, 0.3) is 5.57 Å². The van der Waals surface area contributed by atoms with Crippen LogP contribution in [0.2, 0.25) is 0 Å². The van der Waals surface area contributed by atoms with E-state index >= 15 is 0 Å². The minimum atomic E-state index is -4.61. The third-order valence-electron chi connectivity index (χ3n) is 3.71. The van der Waals surface area contributed by atoms with Crippen LogP contribution in [-0.4, -0.2) is 23.6 Å². The quantitative estimate of drug-likeness (QED) is 0.669. The molecule has 1 fully saturated rings. The van der Waals surface area contributed by atoms with Gasteiger partial charge in [0.25, 0.3) is 0 Å². The van der Waals surface area contributed by atoms with Crippen molar-refractivity contribution in [2.24, 2.45) is 0 Å². The van der Waals surface area contributed by atoms with E-state index in [0.717, 1.165) is 17.1 Å². The van der Waals surface area contributed by atoms with E-state index in [1.807, 2.05) is 35.7 Å². The van der Waals surface area contributed by atoms with Gasteiger partial charge in [0.2, 0.25) is 5.91 Å². The fraction of sp³-hybridized carbons (Fsp3) is 0.211. The number of hydrogen-bond donors (Lipinski definition) is 1. The molecule has 1 heterocycles. The van der Waals surface area contributed by atoms with Crippen molar-refractivity contribution in [3.8, 4) is 0 Å². The van der Waals surface area contributed by atoms with Crippen molar-refractivity contribution in [1.29, 1.82) is 0 Å². The van der Waals surface area contributed by atoms with Gasteiger partial charge in [0.15, 0.2) is 0 Å². The van der Waals surface area contributed by atoms with Crippen LogP contribution in [0.15, 0.2) is 60.7 Å². The van der Waals surface area contributed by atoms with Crippen LogP contribution >= 0.6 is 23.5 Å². The van der Waals surface area contributed by atoms with Gasteiger partial charge in [0, 0.05) is 23.3 Å². The van der Waals surface area contributed by atoms with Gasteiger partial charge >= 0.3 is 6.18 Å². The van der Waals surface area contributed by atoms with E-state index < -0.39 is 17.7 Å². The summed E-state index contributed by atoms with van der Waals surface area (Å²) in [7, 11) is 0. The highest BCUT2D eigenvalue weighted by Crippen LogP contribution is 2.45. The molecule has 0 radical (unpaired) electrons. The number of thioether (sulfide) groups is 2. The van der Waals surface area contributed by atoms with Crippen molar-refractivity contribution in [1.82, 2.24) is 0 Å². The zero-order chi connectivity index (χ0) is 18.6. The highest BCUT2D eigenvalue weighted by Gasteiger charge is 2.35.